The number of benzene rings is 1. The molecule has 7 nitrogen and oxygen atoms in total. The lowest BCUT2D eigenvalue weighted by Gasteiger charge is -2.31. The van der Waals surface area contributed by atoms with Crippen LogP contribution in [0.5, 0.6) is 5.75 Å². The molecule has 7 heteroatoms. The van der Waals surface area contributed by atoms with Crippen LogP contribution in [-0.4, -0.2) is 41.3 Å². The summed E-state index contributed by atoms with van der Waals surface area (Å²) in [5.41, 5.74) is 1.58. The number of furan rings is 1. The van der Waals surface area contributed by atoms with Crippen LogP contribution in [0.1, 0.15) is 42.7 Å². The molecule has 28 heavy (non-hydrogen) atoms. The molecule has 0 bridgehead atoms. The fourth-order valence-electron chi connectivity index (χ4n) is 3.83. The third-order valence-corrected chi connectivity index (χ3v) is 5.50. The predicted octanol–water partition coefficient (Wildman–Crippen LogP) is 3.72. The first-order valence-corrected chi connectivity index (χ1v) is 9.62. The summed E-state index contributed by atoms with van der Waals surface area (Å²) in [4.78, 5) is 14.0. The van der Waals surface area contributed by atoms with E-state index in [-0.39, 0.29) is 17.4 Å². The van der Waals surface area contributed by atoms with Crippen molar-refractivity contribution >= 4 is 22.7 Å². The molecule has 1 fully saturated rings. The summed E-state index contributed by atoms with van der Waals surface area (Å²) in [5.74, 6) is 0.785. The molecular weight excluding hydrogens is 356 g/mol. The van der Waals surface area contributed by atoms with Crippen LogP contribution >= 0.6 is 0 Å². The van der Waals surface area contributed by atoms with Crippen molar-refractivity contribution in [3.05, 3.63) is 36.1 Å². The molecule has 2 heterocycles. The number of aromatic hydroxyl groups is 1. The van der Waals surface area contributed by atoms with Gasteiger partial charge in [-0.2, -0.15) is 0 Å². The van der Waals surface area contributed by atoms with Crippen LogP contribution in [0, 0.1) is 0 Å². The van der Waals surface area contributed by atoms with Crippen molar-refractivity contribution in [3.63, 3.8) is 0 Å². The molecule has 1 amide bonds. The summed E-state index contributed by atoms with van der Waals surface area (Å²) >= 11 is 0. The molecule has 3 aromatic rings. The molecule has 0 atom stereocenters. The van der Waals surface area contributed by atoms with Crippen molar-refractivity contribution in [1.82, 2.24) is 15.5 Å². The lowest BCUT2D eigenvalue weighted by Crippen LogP contribution is -2.34. The minimum Gasteiger partial charge on any atom is -0.507 e. The van der Waals surface area contributed by atoms with Crippen LogP contribution in [0.25, 0.3) is 22.2 Å². The van der Waals surface area contributed by atoms with Gasteiger partial charge < -0.3 is 19.7 Å². The number of hydrogen-bond acceptors (Lipinski definition) is 6. The molecule has 4 rings (SSSR count). The van der Waals surface area contributed by atoms with E-state index in [1.54, 1.807) is 25.2 Å². The van der Waals surface area contributed by atoms with E-state index in [0.29, 0.717) is 28.3 Å². The Morgan fingerprint density at radius 1 is 1.18 bits per heavy atom. The number of carbonyl (C=O) groups excluding carboxylic acids is 1. The topological polar surface area (TPSA) is 91.5 Å². The predicted molar refractivity (Wildman–Crippen MR) is 108 cm³/mol. The first-order chi connectivity index (χ1) is 13.6. The number of phenolic OH excluding ortho intramolecular Hbond substituents is 1. The normalized spacial score (nSPS) is 14.9. The van der Waals surface area contributed by atoms with Gasteiger partial charge in [0.2, 0.25) is 0 Å². The van der Waals surface area contributed by atoms with E-state index in [1.165, 1.54) is 32.1 Å². The molecule has 1 aliphatic carbocycles. The number of nitrogens with zero attached hydrogens (tertiary/aromatic N) is 3. The second-order valence-electron chi connectivity index (χ2n) is 7.28. The highest BCUT2D eigenvalue weighted by molar-refractivity contribution is 5.97. The standard InChI is InChI=1S/C21H24N4O3/c1-22-21(27)19-11-13-10-17(26)15(12-18(13)28-19)16-8-9-20(24-23-16)25(2)14-6-4-3-5-7-14/h8-12,14,26H,3-7H2,1-2H3,(H,22,27). The first kappa shape index (κ1) is 18.3. The summed E-state index contributed by atoms with van der Waals surface area (Å²) in [5, 5.41) is 22.3. The maximum absolute atomic E-state index is 11.8. The zero-order valence-corrected chi connectivity index (χ0v) is 16.1. The monoisotopic (exact) mass is 380 g/mol. The number of rotatable bonds is 4. The van der Waals surface area contributed by atoms with Gasteiger partial charge in [0.15, 0.2) is 11.6 Å². The van der Waals surface area contributed by atoms with Crippen molar-refractivity contribution in [1.29, 1.82) is 0 Å². The zero-order chi connectivity index (χ0) is 19.7. The highest BCUT2D eigenvalue weighted by Crippen LogP contribution is 2.34. The molecule has 0 aliphatic heterocycles. The highest BCUT2D eigenvalue weighted by atomic mass is 16.3. The Hall–Kier alpha value is -3.09. The van der Waals surface area contributed by atoms with Gasteiger partial charge in [-0.3, -0.25) is 4.79 Å². The fourth-order valence-corrected chi connectivity index (χ4v) is 3.83. The molecular formula is C21H24N4O3. The molecule has 0 spiro atoms. The van der Waals surface area contributed by atoms with Gasteiger partial charge in [0.1, 0.15) is 11.3 Å². The number of fused-ring (bicyclic) bond motifs is 1. The second-order valence-corrected chi connectivity index (χ2v) is 7.28. The average molecular weight is 380 g/mol. The van der Waals surface area contributed by atoms with Gasteiger partial charge >= 0.3 is 0 Å². The smallest absolute Gasteiger partial charge is 0.286 e. The van der Waals surface area contributed by atoms with Crippen LogP contribution in [0.4, 0.5) is 5.82 Å². The van der Waals surface area contributed by atoms with Crippen molar-refractivity contribution in [2.45, 2.75) is 38.1 Å². The van der Waals surface area contributed by atoms with Crippen LogP contribution in [0.2, 0.25) is 0 Å². The van der Waals surface area contributed by atoms with Gasteiger partial charge in [-0.15, -0.1) is 10.2 Å². The number of hydrogen-bond donors (Lipinski definition) is 2. The molecule has 2 aromatic heterocycles. The number of phenols is 1. The van der Waals surface area contributed by atoms with Crippen molar-refractivity contribution in [3.8, 4) is 17.0 Å². The molecule has 1 aromatic carbocycles. The summed E-state index contributed by atoms with van der Waals surface area (Å²) in [6.07, 6.45) is 6.20. The Morgan fingerprint density at radius 2 is 1.96 bits per heavy atom. The van der Waals surface area contributed by atoms with Crippen LogP contribution in [0.15, 0.2) is 34.7 Å². The van der Waals surface area contributed by atoms with Crippen LogP contribution < -0.4 is 10.2 Å². The Morgan fingerprint density at radius 3 is 2.64 bits per heavy atom. The van der Waals surface area contributed by atoms with Crippen LogP contribution in [0.3, 0.4) is 0 Å². The molecule has 0 radical (unpaired) electrons. The highest BCUT2D eigenvalue weighted by Gasteiger charge is 2.20. The molecule has 0 saturated heterocycles. The van der Waals surface area contributed by atoms with Gasteiger partial charge in [0, 0.05) is 31.1 Å². The largest absolute Gasteiger partial charge is 0.507 e. The average Bonchev–Trinajstić information content (AvgIpc) is 3.15. The van der Waals surface area contributed by atoms with Gasteiger partial charge in [-0.25, -0.2) is 0 Å². The van der Waals surface area contributed by atoms with Gasteiger partial charge in [-0.05, 0) is 43.2 Å². The third kappa shape index (κ3) is 3.40. The van der Waals surface area contributed by atoms with E-state index in [9.17, 15) is 9.90 Å². The molecule has 1 saturated carbocycles. The van der Waals surface area contributed by atoms with E-state index < -0.39 is 0 Å². The lowest BCUT2D eigenvalue weighted by molar-refractivity contribution is 0.0938. The van der Waals surface area contributed by atoms with E-state index in [1.807, 2.05) is 12.1 Å². The minimum atomic E-state index is -0.313. The maximum Gasteiger partial charge on any atom is 0.286 e. The van der Waals surface area contributed by atoms with E-state index in [2.05, 4.69) is 27.5 Å². The summed E-state index contributed by atoms with van der Waals surface area (Å²) in [7, 11) is 3.60. The lowest BCUT2D eigenvalue weighted by atomic mass is 9.94. The number of carbonyl (C=O) groups is 1. The quantitative estimate of drug-likeness (QED) is 0.717. The van der Waals surface area contributed by atoms with Gasteiger partial charge in [0.25, 0.3) is 5.91 Å². The third-order valence-electron chi connectivity index (χ3n) is 5.50. The minimum absolute atomic E-state index is 0.0689. The number of anilines is 1. The van der Waals surface area contributed by atoms with E-state index in [0.717, 1.165) is 5.82 Å². The zero-order valence-electron chi connectivity index (χ0n) is 16.1. The SMILES string of the molecule is CNC(=O)c1cc2cc(O)c(-c3ccc(N(C)C4CCCCC4)nn3)cc2o1. The summed E-state index contributed by atoms with van der Waals surface area (Å²) in [6, 6.07) is 9.15. The summed E-state index contributed by atoms with van der Waals surface area (Å²) < 4.78 is 5.60. The fraction of sp³-hybridized carbons (Fsp3) is 0.381. The maximum atomic E-state index is 11.8. The summed E-state index contributed by atoms with van der Waals surface area (Å²) in [6.45, 7) is 0. The number of amides is 1. The van der Waals surface area contributed by atoms with Crippen molar-refractivity contribution in [2.24, 2.45) is 0 Å². The second kappa shape index (κ2) is 7.50. The van der Waals surface area contributed by atoms with Crippen LogP contribution in [-0.2, 0) is 0 Å². The van der Waals surface area contributed by atoms with Crippen molar-refractivity contribution < 1.29 is 14.3 Å². The number of aromatic nitrogens is 2. The van der Waals surface area contributed by atoms with Gasteiger partial charge in [0.05, 0.1) is 5.69 Å². The molecule has 1 aliphatic rings. The van der Waals surface area contributed by atoms with Gasteiger partial charge in [-0.1, -0.05) is 19.3 Å². The molecule has 146 valence electrons. The molecule has 2 N–H and O–H groups in total. The Labute approximate surface area is 163 Å². The Balaban J connectivity index is 1.62. The van der Waals surface area contributed by atoms with E-state index >= 15 is 0 Å². The van der Waals surface area contributed by atoms with E-state index in [4.69, 9.17) is 4.42 Å². The molecule has 0 unspecified atom stereocenters. The number of nitrogens with one attached hydrogen (secondary N) is 1. The Bertz CT molecular complexity index is 991. The Kier molecular flexibility index (Phi) is 4.90. The van der Waals surface area contributed by atoms with Crippen molar-refractivity contribution in [2.75, 3.05) is 19.0 Å². The first-order valence-electron chi connectivity index (χ1n) is 9.62.